The van der Waals surface area contributed by atoms with Gasteiger partial charge in [-0.25, -0.2) is 4.39 Å². The Bertz CT molecular complexity index is 732. The van der Waals surface area contributed by atoms with Crippen molar-refractivity contribution in [1.82, 2.24) is 4.90 Å². The molecular weight excluding hydrogens is 319 g/mol. The third-order valence-electron chi connectivity index (χ3n) is 3.80. The Balaban J connectivity index is 1.80. The molecule has 0 bridgehead atoms. The van der Waals surface area contributed by atoms with Crippen molar-refractivity contribution < 1.29 is 22.7 Å². The molecule has 3 nitrogen and oxygen atoms in total. The Morgan fingerprint density at radius 2 is 1.92 bits per heavy atom. The molecule has 6 heteroatoms. The van der Waals surface area contributed by atoms with Gasteiger partial charge in [0.1, 0.15) is 11.6 Å². The minimum atomic E-state index is -2.94. The summed E-state index contributed by atoms with van der Waals surface area (Å²) in [6.45, 7) is -2.66. The molecule has 2 aromatic rings. The van der Waals surface area contributed by atoms with Crippen LogP contribution >= 0.6 is 0 Å². The number of hydrogen-bond donors (Lipinski definition) is 0. The summed E-state index contributed by atoms with van der Waals surface area (Å²) >= 11 is 0. The van der Waals surface area contributed by atoms with Gasteiger partial charge in [0.25, 0.3) is 5.91 Å². The van der Waals surface area contributed by atoms with Crippen molar-refractivity contribution in [2.75, 3.05) is 0 Å². The number of benzene rings is 2. The lowest BCUT2D eigenvalue weighted by Gasteiger charge is -2.23. The van der Waals surface area contributed by atoms with E-state index in [0.717, 1.165) is 12.8 Å². The van der Waals surface area contributed by atoms with Gasteiger partial charge in [-0.2, -0.15) is 8.78 Å². The Kier molecular flexibility index (Phi) is 4.74. The van der Waals surface area contributed by atoms with Crippen LogP contribution in [0.2, 0.25) is 0 Å². The predicted molar refractivity (Wildman–Crippen MR) is 82.4 cm³/mol. The summed E-state index contributed by atoms with van der Waals surface area (Å²) < 4.78 is 42.3. The Hall–Kier alpha value is -2.50. The Morgan fingerprint density at radius 3 is 2.58 bits per heavy atom. The van der Waals surface area contributed by atoms with E-state index in [2.05, 4.69) is 4.74 Å². The lowest BCUT2D eigenvalue weighted by atomic mass is 10.1. The SMILES string of the molecule is O=C(c1cccc(OC(F)F)c1)N(Cc1cccc(F)c1)C1CC1. The standard InChI is InChI=1S/C18H16F3NO2/c19-14-5-1-3-12(9-14)11-22(15-7-8-15)17(23)13-4-2-6-16(10-13)24-18(20)21/h1-6,9-10,15,18H,7-8,11H2. The number of ether oxygens (including phenoxy) is 1. The highest BCUT2D eigenvalue weighted by Gasteiger charge is 2.33. The van der Waals surface area contributed by atoms with E-state index in [1.54, 1.807) is 23.1 Å². The van der Waals surface area contributed by atoms with E-state index in [4.69, 9.17) is 0 Å². The average Bonchev–Trinajstić information content (AvgIpc) is 3.36. The third kappa shape index (κ3) is 4.07. The molecule has 0 unspecified atom stereocenters. The molecule has 0 heterocycles. The first-order valence-electron chi connectivity index (χ1n) is 7.63. The summed E-state index contributed by atoms with van der Waals surface area (Å²) in [5.74, 6) is -0.693. The van der Waals surface area contributed by atoms with Crippen molar-refractivity contribution in [1.29, 1.82) is 0 Å². The highest BCUT2D eigenvalue weighted by Crippen LogP contribution is 2.30. The van der Waals surface area contributed by atoms with Gasteiger partial charge in [-0.1, -0.05) is 18.2 Å². The maximum absolute atomic E-state index is 13.3. The van der Waals surface area contributed by atoms with E-state index in [0.29, 0.717) is 5.56 Å². The smallest absolute Gasteiger partial charge is 0.387 e. The summed E-state index contributed by atoms with van der Waals surface area (Å²) in [6, 6.07) is 11.9. The second-order valence-electron chi connectivity index (χ2n) is 5.70. The van der Waals surface area contributed by atoms with Gasteiger partial charge in [-0.3, -0.25) is 4.79 Å². The van der Waals surface area contributed by atoms with Crippen molar-refractivity contribution in [2.45, 2.75) is 32.0 Å². The minimum Gasteiger partial charge on any atom is -0.435 e. The second kappa shape index (κ2) is 6.95. The molecule has 0 atom stereocenters. The van der Waals surface area contributed by atoms with Crippen LogP contribution in [-0.4, -0.2) is 23.5 Å². The van der Waals surface area contributed by atoms with Crippen molar-refractivity contribution in [3.05, 3.63) is 65.5 Å². The van der Waals surface area contributed by atoms with Crippen molar-refractivity contribution >= 4 is 5.91 Å². The number of rotatable bonds is 6. The molecule has 1 saturated carbocycles. The van der Waals surface area contributed by atoms with E-state index < -0.39 is 6.61 Å². The van der Waals surface area contributed by atoms with Gasteiger partial charge >= 0.3 is 6.61 Å². The first-order valence-corrected chi connectivity index (χ1v) is 7.63. The first kappa shape index (κ1) is 16.4. The number of carbonyl (C=O) groups is 1. The van der Waals surface area contributed by atoms with Crippen LogP contribution in [0.15, 0.2) is 48.5 Å². The second-order valence-corrected chi connectivity index (χ2v) is 5.70. The molecule has 0 radical (unpaired) electrons. The van der Waals surface area contributed by atoms with Gasteiger partial charge in [0.15, 0.2) is 0 Å². The van der Waals surface area contributed by atoms with Crippen molar-refractivity contribution in [3.63, 3.8) is 0 Å². The number of halogens is 3. The predicted octanol–water partition coefficient (Wildman–Crippen LogP) is 4.23. The summed E-state index contributed by atoms with van der Waals surface area (Å²) in [4.78, 5) is 14.4. The van der Waals surface area contributed by atoms with E-state index in [1.165, 1.54) is 30.3 Å². The summed E-state index contributed by atoms with van der Waals surface area (Å²) in [7, 11) is 0. The monoisotopic (exact) mass is 335 g/mol. The summed E-state index contributed by atoms with van der Waals surface area (Å²) in [5.41, 5.74) is 0.965. The van der Waals surface area contributed by atoms with Crippen molar-refractivity contribution in [3.8, 4) is 5.75 Å². The molecule has 0 aromatic heterocycles. The number of hydrogen-bond acceptors (Lipinski definition) is 2. The van der Waals surface area contributed by atoms with Gasteiger partial charge in [0.2, 0.25) is 0 Å². The molecule has 0 aliphatic heterocycles. The molecule has 3 rings (SSSR count). The van der Waals surface area contributed by atoms with Crippen molar-refractivity contribution in [2.24, 2.45) is 0 Å². The molecule has 24 heavy (non-hydrogen) atoms. The summed E-state index contributed by atoms with van der Waals surface area (Å²) in [5, 5.41) is 0. The van der Waals surface area contributed by atoms with Crippen LogP contribution in [0, 0.1) is 5.82 Å². The number of amides is 1. The van der Waals surface area contributed by atoms with E-state index in [9.17, 15) is 18.0 Å². The largest absolute Gasteiger partial charge is 0.435 e. The molecule has 0 N–H and O–H groups in total. The van der Waals surface area contributed by atoms with E-state index in [1.807, 2.05) is 0 Å². The number of nitrogens with zero attached hydrogens (tertiary/aromatic N) is 1. The summed E-state index contributed by atoms with van der Waals surface area (Å²) in [6.07, 6.45) is 1.77. The van der Waals surface area contributed by atoms with Crippen LogP contribution in [-0.2, 0) is 6.54 Å². The maximum Gasteiger partial charge on any atom is 0.387 e. The van der Waals surface area contributed by atoms with Crippen LogP contribution in [0.4, 0.5) is 13.2 Å². The van der Waals surface area contributed by atoms with Crippen LogP contribution in [0.1, 0.15) is 28.8 Å². The van der Waals surface area contributed by atoms with Gasteiger partial charge in [0, 0.05) is 18.2 Å². The molecule has 1 fully saturated rings. The number of alkyl halides is 2. The molecule has 126 valence electrons. The lowest BCUT2D eigenvalue weighted by molar-refractivity contribution is -0.0499. The van der Waals surface area contributed by atoms with Gasteiger partial charge in [-0.05, 0) is 48.7 Å². The minimum absolute atomic E-state index is 0.0580. The van der Waals surface area contributed by atoms with Crippen LogP contribution in [0.25, 0.3) is 0 Å². The van der Waals surface area contributed by atoms with Gasteiger partial charge in [0.05, 0.1) is 0 Å². The first-order chi connectivity index (χ1) is 11.5. The lowest BCUT2D eigenvalue weighted by Crippen LogP contribution is -2.32. The zero-order valence-electron chi connectivity index (χ0n) is 12.8. The zero-order valence-corrected chi connectivity index (χ0v) is 12.8. The van der Waals surface area contributed by atoms with Gasteiger partial charge < -0.3 is 9.64 Å². The fourth-order valence-electron chi connectivity index (χ4n) is 2.56. The molecule has 0 spiro atoms. The average molecular weight is 335 g/mol. The van der Waals surface area contributed by atoms with Gasteiger partial charge in [-0.15, -0.1) is 0 Å². The molecule has 1 aliphatic carbocycles. The number of carbonyl (C=O) groups excluding carboxylic acids is 1. The quantitative estimate of drug-likeness (QED) is 0.790. The molecule has 1 amide bonds. The van der Waals surface area contributed by atoms with Crippen LogP contribution in [0.5, 0.6) is 5.75 Å². The van der Waals surface area contributed by atoms with Crippen LogP contribution in [0.3, 0.4) is 0 Å². The van der Waals surface area contributed by atoms with E-state index >= 15 is 0 Å². The third-order valence-corrected chi connectivity index (χ3v) is 3.80. The maximum atomic E-state index is 13.3. The zero-order chi connectivity index (χ0) is 17.1. The highest BCUT2D eigenvalue weighted by atomic mass is 19.3. The topological polar surface area (TPSA) is 29.5 Å². The fourth-order valence-corrected chi connectivity index (χ4v) is 2.56. The fraction of sp³-hybridized carbons (Fsp3) is 0.278. The molecule has 2 aromatic carbocycles. The molecule has 0 saturated heterocycles. The normalized spacial score (nSPS) is 13.8. The van der Waals surface area contributed by atoms with E-state index in [-0.39, 0.29) is 35.6 Å². The Labute approximate surface area is 137 Å². The molecular formula is C18H16F3NO2. The van der Waals surface area contributed by atoms with Crippen LogP contribution < -0.4 is 4.74 Å². The molecule has 1 aliphatic rings. The highest BCUT2D eigenvalue weighted by molar-refractivity contribution is 5.95. The Morgan fingerprint density at radius 1 is 1.17 bits per heavy atom.